The van der Waals surface area contributed by atoms with E-state index in [0.29, 0.717) is 13.2 Å². The molecule has 0 unspecified atom stereocenters. The normalized spacial score (nSPS) is 16.2. The lowest BCUT2D eigenvalue weighted by Crippen LogP contribution is -2.21. The van der Waals surface area contributed by atoms with E-state index < -0.39 is 0 Å². The summed E-state index contributed by atoms with van der Waals surface area (Å²) in [5.41, 5.74) is 0.756. The summed E-state index contributed by atoms with van der Waals surface area (Å²) in [5, 5.41) is 1.70. The molecule has 66 valence electrons. The molecule has 0 aromatic rings. The van der Waals surface area contributed by atoms with Gasteiger partial charge in [0.15, 0.2) is 5.78 Å². The largest absolute Gasteiger partial charge is 0.295 e. The maximum atomic E-state index is 10.9. The molecule has 0 radical (unpaired) electrons. The van der Waals surface area contributed by atoms with Crippen LogP contribution in [0.3, 0.4) is 0 Å². The van der Waals surface area contributed by atoms with Crippen molar-refractivity contribution in [2.24, 2.45) is 0 Å². The van der Waals surface area contributed by atoms with Crippen LogP contribution in [-0.2, 0) is 9.63 Å². The van der Waals surface area contributed by atoms with E-state index >= 15 is 0 Å². The lowest BCUT2D eigenvalue weighted by molar-refractivity contribution is -0.114. The van der Waals surface area contributed by atoms with Gasteiger partial charge in [0, 0.05) is 11.8 Å². The summed E-state index contributed by atoms with van der Waals surface area (Å²) in [6.07, 6.45) is 5.40. The van der Waals surface area contributed by atoms with Crippen molar-refractivity contribution in [1.82, 2.24) is 5.06 Å². The number of ketones is 1. The fraction of sp³-hybridized carbons (Fsp3) is 0.444. The van der Waals surface area contributed by atoms with Crippen LogP contribution in [0.15, 0.2) is 23.9 Å². The molecular formula is C9H13NO2. The molecule has 0 fully saturated rings. The topological polar surface area (TPSA) is 29.5 Å². The van der Waals surface area contributed by atoms with Crippen LogP contribution in [0.25, 0.3) is 0 Å². The standard InChI is InChI=1S/C9H13NO2/c1-3-12-10-6-4-9(5-7-10)8(2)11/h4-6H,3,7H2,1-2H3. The van der Waals surface area contributed by atoms with Gasteiger partial charge in [0.1, 0.15) is 0 Å². The van der Waals surface area contributed by atoms with Crippen molar-refractivity contribution in [2.75, 3.05) is 13.2 Å². The van der Waals surface area contributed by atoms with Crippen molar-refractivity contribution in [1.29, 1.82) is 0 Å². The molecule has 3 heteroatoms. The van der Waals surface area contributed by atoms with Gasteiger partial charge in [-0.1, -0.05) is 6.08 Å². The highest BCUT2D eigenvalue weighted by Crippen LogP contribution is 2.07. The smallest absolute Gasteiger partial charge is 0.159 e. The lowest BCUT2D eigenvalue weighted by Gasteiger charge is -2.20. The quantitative estimate of drug-likeness (QED) is 0.634. The molecule has 3 nitrogen and oxygen atoms in total. The Morgan fingerprint density at radius 3 is 2.92 bits per heavy atom. The molecule has 0 amide bonds. The van der Waals surface area contributed by atoms with Gasteiger partial charge in [-0.25, -0.2) is 0 Å². The minimum absolute atomic E-state index is 0.0994. The highest BCUT2D eigenvalue weighted by molar-refractivity contribution is 5.96. The zero-order valence-electron chi connectivity index (χ0n) is 7.41. The van der Waals surface area contributed by atoms with Gasteiger partial charge in [-0.15, -0.1) is 0 Å². The molecule has 1 aliphatic rings. The lowest BCUT2D eigenvalue weighted by atomic mass is 10.1. The molecule has 1 rings (SSSR count). The van der Waals surface area contributed by atoms with E-state index in [1.165, 1.54) is 0 Å². The van der Waals surface area contributed by atoms with Crippen LogP contribution in [-0.4, -0.2) is 24.0 Å². The first kappa shape index (κ1) is 9.00. The Hall–Kier alpha value is -1.09. The first-order valence-corrected chi connectivity index (χ1v) is 4.03. The van der Waals surface area contributed by atoms with Gasteiger partial charge in [-0.05, 0) is 19.9 Å². The van der Waals surface area contributed by atoms with Gasteiger partial charge in [0.2, 0.25) is 0 Å². The fourth-order valence-electron chi connectivity index (χ4n) is 1.00. The second-order valence-corrected chi connectivity index (χ2v) is 2.55. The summed E-state index contributed by atoms with van der Waals surface area (Å²) in [6.45, 7) is 4.79. The first-order valence-electron chi connectivity index (χ1n) is 4.03. The van der Waals surface area contributed by atoms with Crippen LogP contribution in [0.5, 0.6) is 0 Å². The molecule has 12 heavy (non-hydrogen) atoms. The number of hydrogen-bond donors (Lipinski definition) is 0. The maximum Gasteiger partial charge on any atom is 0.159 e. The predicted molar refractivity (Wildman–Crippen MR) is 46.2 cm³/mol. The van der Waals surface area contributed by atoms with Crippen molar-refractivity contribution in [3.05, 3.63) is 23.9 Å². The molecule has 0 saturated carbocycles. The van der Waals surface area contributed by atoms with Crippen LogP contribution in [0.1, 0.15) is 13.8 Å². The van der Waals surface area contributed by atoms with Crippen LogP contribution < -0.4 is 0 Å². The van der Waals surface area contributed by atoms with Crippen molar-refractivity contribution in [3.8, 4) is 0 Å². The Morgan fingerprint density at radius 1 is 1.75 bits per heavy atom. The summed E-state index contributed by atoms with van der Waals surface area (Å²) in [7, 11) is 0. The van der Waals surface area contributed by atoms with E-state index in [1.807, 2.05) is 13.0 Å². The Labute approximate surface area is 72.3 Å². The number of Topliss-reactive ketones (excluding diaryl/α,β-unsaturated/α-hetero) is 1. The van der Waals surface area contributed by atoms with E-state index in [1.54, 1.807) is 24.3 Å². The molecule has 0 bridgehead atoms. The van der Waals surface area contributed by atoms with E-state index in [2.05, 4.69) is 0 Å². The van der Waals surface area contributed by atoms with Crippen molar-refractivity contribution < 1.29 is 9.63 Å². The number of nitrogens with zero attached hydrogens (tertiary/aromatic N) is 1. The highest BCUT2D eigenvalue weighted by Gasteiger charge is 2.06. The third-order valence-electron chi connectivity index (χ3n) is 1.61. The number of carbonyl (C=O) groups is 1. The van der Waals surface area contributed by atoms with E-state index in [4.69, 9.17) is 4.84 Å². The zero-order valence-corrected chi connectivity index (χ0v) is 7.41. The van der Waals surface area contributed by atoms with Crippen molar-refractivity contribution >= 4 is 5.78 Å². The molecule has 0 aliphatic carbocycles. The molecule has 0 N–H and O–H groups in total. The zero-order chi connectivity index (χ0) is 8.97. The Kier molecular flexibility index (Phi) is 3.05. The summed E-state index contributed by atoms with van der Waals surface area (Å²) in [4.78, 5) is 16.1. The number of carbonyl (C=O) groups excluding carboxylic acids is 1. The molecule has 0 aromatic heterocycles. The Balaban J connectivity index is 2.49. The van der Waals surface area contributed by atoms with Crippen LogP contribution in [0, 0.1) is 0 Å². The SMILES string of the molecule is CCON1C=CC(C(C)=O)=CC1. The minimum atomic E-state index is 0.0994. The third-order valence-corrected chi connectivity index (χ3v) is 1.61. The minimum Gasteiger partial charge on any atom is -0.295 e. The van der Waals surface area contributed by atoms with Crippen molar-refractivity contribution in [2.45, 2.75) is 13.8 Å². The first-order chi connectivity index (χ1) is 5.74. The van der Waals surface area contributed by atoms with Gasteiger partial charge >= 0.3 is 0 Å². The van der Waals surface area contributed by atoms with Crippen LogP contribution in [0.2, 0.25) is 0 Å². The molecule has 0 aromatic carbocycles. The van der Waals surface area contributed by atoms with Crippen molar-refractivity contribution in [3.63, 3.8) is 0 Å². The predicted octanol–water partition coefficient (Wildman–Crippen LogP) is 1.28. The van der Waals surface area contributed by atoms with Gasteiger partial charge in [-0.2, -0.15) is 0 Å². The summed E-state index contributed by atoms with van der Waals surface area (Å²) < 4.78 is 0. The van der Waals surface area contributed by atoms with Crippen LogP contribution >= 0.6 is 0 Å². The third kappa shape index (κ3) is 2.20. The molecule has 0 spiro atoms. The molecule has 1 heterocycles. The molecule has 0 saturated heterocycles. The second-order valence-electron chi connectivity index (χ2n) is 2.55. The second kappa shape index (κ2) is 4.07. The monoisotopic (exact) mass is 167 g/mol. The fourth-order valence-corrected chi connectivity index (χ4v) is 1.00. The summed E-state index contributed by atoms with van der Waals surface area (Å²) >= 11 is 0. The van der Waals surface area contributed by atoms with Gasteiger partial charge in [-0.3, -0.25) is 14.7 Å². The summed E-state index contributed by atoms with van der Waals surface area (Å²) in [6, 6.07) is 0. The van der Waals surface area contributed by atoms with Gasteiger partial charge in [0.25, 0.3) is 0 Å². The summed E-state index contributed by atoms with van der Waals surface area (Å²) in [5.74, 6) is 0.0994. The molecule has 0 atom stereocenters. The Bertz CT molecular complexity index is 231. The van der Waals surface area contributed by atoms with Gasteiger partial charge < -0.3 is 0 Å². The number of allylic oxidation sites excluding steroid dienone is 2. The highest BCUT2D eigenvalue weighted by atomic mass is 16.7. The average molecular weight is 167 g/mol. The number of hydroxylamine groups is 2. The van der Waals surface area contributed by atoms with Crippen LogP contribution in [0.4, 0.5) is 0 Å². The van der Waals surface area contributed by atoms with Gasteiger partial charge in [0.05, 0.1) is 13.2 Å². The number of rotatable bonds is 3. The van der Waals surface area contributed by atoms with E-state index in [-0.39, 0.29) is 5.78 Å². The average Bonchev–Trinajstić information content (AvgIpc) is 2.06. The molecule has 1 aliphatic heterocycles. The maximum absolute atomic E-state index is 10.9. The van der Waals surface area contributed by atoms with E-state index in [9.17, 15) is 4.79 Å². The molecular weight excluding hydrogens is 154 g/mol. The van der Waals surface area contributed by atoms with E-state index in [0.717, 1.165) is 5.57 Å². The Morgan fingerprint density at radius 2 is 2.50 bits per heavy atom. The number of hydrogen-bond acceptors (Lipinski definition) is 3.